The summed E-state index contributed by atoms with van der Waals surface area (Å²) < 4.78 is 5.12. The van der Waals surface area contributed by atoms with Crippen molar-refractivity contribution in [1.82, 2.24) is 10.3 Å². The van der Waals surface area contributed by atoms with Crippen molar-refractivity contribution in [3.8, 4) is 5.75 Å². The minimum absolute atomic E-state index is 0.222. The Morgan fingerprint density at radius 2 is 2.26 bits per heavy atom. The highest BCUT2D eigenvalue weighted by molar-refractivity contribution is 5.97. The Labute approximate surface area is 111 Å². The number of amides is 1. The number of carbonyl (C=O) groups is 1. The Kier molecular flexibility index (Phi) is 3.97. The van der Waals surface area contributed by atoms with Gasteiger partial charge in [-0.1, -0.05) is 0 Å². The van der Waals surface area contributed by atoms with Crippen LogP contribution in [0, 0.1) is 0 Å². The van der Waals surface area contributed by atoms with Gasteiger partial charge < -0.3 is 15.2 Å². The SMILES string of the molecule is COc1ccc2cc(C(=O)NCC(C)O)cnc2c1. The first-order valence-corrected chi connectivity index (χ1v) is 6.00. The molecular formula is C14H16N2O3. The van der Waals surface area contributed by atoms with E-state index in [1.165, 1.54) is 6.20 Å². The number of hydrogen-bond donors (Lipinski definition) is 2. The molecule has 2 rings (SSSR count). The van der Waals surface area contributed by atoms with Gasteiger partial charge in [-0.25, -0.2) is 0 Å². The molecule has 1 aromatic carbocycles. The molecule has 0 radical (unpaired) electrons. The summed E-state index contributed by atoms with van der Waals surface area (Å²) in [6, 6.07) is 7.25. The molecule has 100 valence electrons. The molecule has 0 bridgehead atoms. The van der Waals surface area contributed by atoms with Crippen LogP contribution in [0.25, 0.3) is 10.9 Å². The minimum atomic E-state index is -0.568. The lowest BCUT2D eigenvalue weighted by Gasteiger charge is -2.08. The molecule has 0 saturated heterocycles. The highest BCUT2D eigenvalue weighted by atomic mass is 16.5. The van der Waals surface area contributed by atoms with Crippen molar-refractivity contribution in [2.75, 3.05) is 13.7 Å². The van der Waals surface area contributed by atoms with Crippen LogP contribution >= 0.6 is 0 Å². The predicted molar refractivity (Wildman–Crippen MR) is 72.3 cm³/mol. The number of nitrogens with zero attached hydrogens (tertiary/aromatic N) is 1. The predicted octanol–water partition coefficient (Wildman–Crippen LogP) is 1.35. The maximum absolute atomic E-state index is 11.8. The number of methoxy groups -OCH3 is 1. The quantitative estimate of drug-likeness (QED) is 0.870. The zero-order valence-electron chi connectivity index (χ0n) is 10.9. The molecule has 5 nitrogen and oxygen atoms in total. The molecule has 0 fully saturated rings. The monoisotopic (exact) mass is 260 g/mol. The van der Waals surface area contributed by atoms with Gasteiger partial charge in [0, 0.05) is 24.2 Å². The summed E-state index contributed by atoms with van der Waals surface area (Å²) >= 11 is 0. The lowest BCUT2D eigenvalue weighted by molar-refractivity contribution is 0.0924. The third-order valence-corrected chi connectivity index (χ3v) is 2.71. The van der Waals surface area contributed by atoms with Crippen LogP contribution in [-0.4, -0.2) is 35.8 Å². The van der Waals surface area contributed by atoms with E-state index in [-0.39, 0.29) is 12.5 Å². The zero-order chi connectivity index (χ0) is 13.8. The lowest BCUT2D eigenvalue weighted by atomic mass is 10.1. The van der Waals surface area contributed by atoms with Gasteiger partial charge >= 0.3 is 0 Å². The van der Waals surface area contributed by atoms with Crippen molar-refractivity contribution in [1.29, 1.82) is 0 Å². The third kappa shape index (κ3) is 3.20. The molecule has 2 N–H and O–H groups in total. The van der Waals surface area contributed by atoms with E-state index in [2.05, 4.69) is 10.3 Å². The molecule has 0 aliphatic heterocycles. The molecule has 1 atom stereocenters. The van der Waals surface area contributed by atoms with E-state index in [4.69, 9.17) is 9.84 Å². The smallest absolute Gasteiger partial charge is 0.252 e. The van der Waals surface area contributed by atoms with E-state index in [1.54, 1.807) is 20.1 Å². The summed E-state index contributed by atoms with van der Waals surface area (Å²) in [5.74, 6) is 0.484. The second kappa shape index (κ2) is 5.67. The summed E-state index contributed by atoms with van der Waals surface area (Å²) in [6.45, 7) is 1.84. The van der Waals surface area contributed by atoms with Gasteiger partial charge in [-0.3, -0.25) is 9.78 Å². The number of aromatic nitrogens is 1. The molecule has 5 heteroatoms. The topological polar surface area (TPSA) is 71.5 Å². The molecule has 0 spiro atoms. The Morgan fingerprint density at radius 1 is 1.47 bits per heavy atom. The van der Waals surface area contributed by atoms with Crippen LogP contribution in [-0.2, 0) is 0 Å². The summed E-state index contributed by atoms with van der Waals surface area (Å²) in [7, 11) is 1.60. The van der Waals surface area contributed by atoms with Crippen LogP contribution in [0.1, 0.15) is 17.3 Å². The summed E-state index contributed by atoms with van der Waals surface area (Å²) in [5.41, 5.74) is 1.24. The maximum Gasteiger partial charge on any atom is 0.252 e. The van der Waals surface area contributed by atoms with E-state index >= 15 is 0 Å². The number of nitrogens with one attached hydrogen (secondary N) is 1. The van der Waals surface area contributed by atoms with Crippen molar-refractivity contribution in [2.45, 2.75) is 13.0 Å². The first kappa shape index (κ1) is 13.3. The number of hydrogen-bond acceptors (Lipinski definition) is 4. The number of ether oxygens (including phenoxy) is 1. The van der Waals surface area contributed by atoms with Crippen LogP contribution in [0.3, 0.4) is 0 Å². The molecule has 1 heterocycles. The zero-order valence-corrected chi connectivity index (χ0v) is 10.9. The highest BCUT2D eigenvalue weighted by Gasteiger charge is 2.08. The van der Waals surface area contributed by atoms with Crippen LogP contribution < -0.4 is 10.1 Å². The van der Waals surface area contributed by atoms with E-state index in [1.807, 2.05) is 18.2 Å². The fourth-order valence-corrected chi connectivity index (χ4v) is 1.69. The minimum Gasteiger partial charge on any atom is -0.497 e. The lowest BCUT2D eigenvalue weighted by Crippen LogP contribution is -2.30. The molecule has 2 aromatic rings. The van der Waals surface area contributed by atoms with E-state index in [9.17, 15) is 4.79 Å². The number of pyridine rings is 1. The van der Waals surface area contributed by atoms with Crippen molar-refractivity contribution >= 4 is 16.8 Å². The van der Waals surface area contributed by atoms with Crippen molar-refractivity contribution in [2.24, 2.45) is 0 Å². The third-order valence-electron chi connectivity index (χ3n) is 2.71. The van der Waals surface area contributed by atoms with Gasteiger partial charge in [0.1, 0.15) is 5.75 Å². The molecule has 1 amide bonds. The van der Waals surface area contributed by atoms with Crippen LogP contribution in [0.5, 0.6) is 5.75 Å². The van der Waals surface area contributed by atoms with Gasteiger partial charge in [0.25, 0.3) is 5.91 Å². The molecule has 1 unspecified atom stereocenters. The number of fused-ring (bicyclic) bond motifs is 1. The Balaban J connectivity index is 2.24. The van der Waals surface area contributed by atoms with Crippen molar-refractivity contribution in [3.05, 3.63) is 36.0 Å². The normalized spacial score (nSPS) is 12.2. The first-order chi connectivity index (χ1) is 9.10. The Bertz CT molecular complexity index is 596. The molecule has 0 aliphatic carbocycles. The summed E-state index contributed by atoms with van der Waals surface area (Å²) in [4.78, 5) is 16.1. The highest BCUT2D eigenvalue weighted by Crippen LogP contribution is 2.19. The summed E-state index contributed by atoms with van der Waals surface area (Å²) in [6.07, 6.45) is 0.945. The fraction of sp³-hybridized carbons (Fsp3) is 0.286. The maximum atomic E-state index is 11.8. The fourth-order valence-electron chi connectivity index (χ4n) is 1.69. The summed E-state index contributed by atoms with van der Waals surface area (Å²) in [5, 5.41) is 12.6. The van der Waals surface area contributed by atoms with E-state index < -0.39 is 6.10 Å². The number of carbonyl (C=O) groups excluding carboxylic acids is 1. The number of aliphatic hydroxyl groups is 1. The molecule has 1 aromatic heterocycles. The molecule has 19 heavy (non-hydrogen) atoms. The largest absolute Gasteiger partial charge is 0.497 e. The second-order valence-corrected chi connectivity index (χ2v) is 4.34. The van der Waals surface area contributed by atoms with Crippen LogP contribution in [0.15, 0.2) is 30.5 Å². The van der Waals surface area contributed by atoms with Gasteiger partial charge in [0.2, 0.25) is 0 Å². The molecule has 0 saturated carbocycles. The van der Waals surface area contributed by atoms with Gasteiger partial charge in [0.05, 0.1) is 24.3 Å². The Hall–Kier alpha value is -2.14. The first-order valence-electron chi connectivity index (χ1n) is 6.00. The number of rotatable bonds is 4. The van der Waals surface area contributed by atoms with E-state index in [0.29, 0.717) is 5.56 Å². The average Bonchev–Trinajstić information content (AvgIpc) is 2.43. The van der Waals surface area contributed by atoms with Crippen LogP contribution in [0.2, 0.25) is 0 Å². The average molecular weight is 260 g/mol. The molecular weight excluding hydrogens is 244 g/mol. The Morgan fingerprint density at radius 3 is 2.95 bits per heavy atom. The standard InChI is InChI=1S/C14H16N2O3/c1-9(17)7-16-14(18)11-5-10-3-4-12(19-2)6-13(10)15-8-11/h3-6,8-9,17H,7H2,1-2H3,(H,16,18). The molecule has 0 aliphatic rings. The van der Waals surface area contributed by atoms with Gasteiger partial charge in [-0.05, 0) is 25.1 Å². The van der Waals surface area contributed by atoms with Gasteiger partial charge in [-0.15, -0.1) is 0 Å². The number of aliphatic hydroxyl groups excluding tert-OH is 1. The van der Waals surface area contributed by atoms with Crippen LogP contribution in [0.4, 0.5) is 0 Å². The number of benzene rings is 1. The van der Waals surface area contributed by atoms with Gasteiger partial charge in [-0.2, -0.15) is 0 Å². The van der Waals surface area contributed by atoms with Crippen molar-refractivity contribution in [3.63, 3.8) is 0 Å². The van der Waals surface area contributed by atoms with Gasteiger partial charge in [0.15, 0.2) is 0 Å². The second-order valence-electron chi connectivity index (χ2n) is 4.34. The van der Waals surface area contributed by atoms with Crippen molar-refractivity contribution < 1.29 is 14.6 Å². The van der Waals surface area contributed by atoms with E-state index in [0.717, 1.165) is 16.7 Å².